The highest BCUT2D eigenvalue weighted by Gasteiger charge is 2.21. The largest absolute Gasteiger partial charge is 0.489 e. The number of nitrogens with zero attached hydrogens (tertiary/aromatic N) is 1. The quantitative estimate of drug-likeness (QED) is 0.452. The Bertz CT molecular complexity index is 693. The van der Waals surface area contributed by atoms with E-state index in [9.17, 15) is 10.1 Å². The minimum atomic E-state index is -0.324. The molecule has 2 rings (SSSR count). The van der Waals surface area contributed by atoms with Gasteiger partial charge < -0.3 is 4.74 Å². The molecule has 0 atom stereocenters. The lowest BCUT2D eigenvalue weighted by Crippen LogP contribution is -2.05. The van der Waals surface area contributed by atoms with Crippen molar-refractivity contribution in [1.82, 2.24) is 0 Å². The van der Waals surface area contributed by atoms with Crippen LogP contribution in [0, 0.1) is 24.0 Å². The van der Waals surface area contributed by atoms with Crippen LogP contribution in [0.3, 0.4) is 0 Å². The van der Waals surface area contributed by atoms with Gasteiger partial charge in [-0.25, -0.2) is 0 Å². The second kappa shape index (κ2) is 6.89. The van der Waals surface area contributed by atoms with E-state index in [0.717, 1.165) is 16.7 Å². The van der Waals surface area contributed by atoms with Crippen molar-refractivity contribution in [3.05, 3.63) is 81.4 Å². The molecular formula is C18H19NO3. The normalized spacial score (nSPS) is 10.3. The molecule has 0 saturated heterocycles. The van der Waals surface area contributed by atoms with E-state index >= 15 is 0 Å². The van der Waals surface area contributed by atoms with E-state index in [0.29, 0.717) is 24.3 Å². The smallest absolute Gasteiger partial charge is 0.273 e. The number of benzene rings is 2. The lowest BCUT2D eigenvalue weighted by molar-refractivity contribution is -0.385. The van der Waals surface area contributed by atoms with Crippen LogP contribution >= 0.6 is 0 Å². The third-order valence-electron chi connectivity index (χ3n) is 3.58. The molecule has 0 aliphatic carbocycles. The number of rotatable bonds is 6. The zero-order valence-electron chi connectivity index (χ0n) is 12.8. The third kappa shape index (κ3) is 3.34. The SMILES string of the molecule is C=CCOc1c(C)cc([N+](=O)[O-])c(Cc2ccccc2)c1C. The Hall–Kier alpha value is -2.62. The molecule has 0 radical (unpaired) electrons. The minimum absolute atomic E-state index is 0.143. The summed E-state index contributed by atoms with van der Waals surface area (Å²) in [5.74, 6) is 0.705. The Morgan fingerprint density at radius 1 is 1.27 bits per heavy atom. The van der Waals surface area contributed by atoms with Crippen LogP contribution in [0.1, 0.15) is 22.3 Å². The Kier molecular flexibility index (Phi) is 4.94. The molecule has 2 aromatic rings. The Morgan fingerprint density at radius 2 is 1.95 bits per heavy atom. The summed E-state index contributed by atoms with van der Waals surface area (Å²) in [6.45, 7) is 7.71. The molecule has 0 N–H and O–H groups in total. The van der Waals surface area contributed by atoms with Crippen LogP contribution < -0.4 is 4.74 Å². The molecule has 22 heavy (non-hydrogen) atoms. The first-order chi connectivity index (χ1) is 10.5. The van der Waals surface area contributed by atoms with Crippen LogP contribution in [0.15, 0.2) is 49.1 Å². The van der Waals surface area contributed by atoms with Gasteiger partial charge in [-0.1, -0.05) is 43.0 Å². The maximum Gasteiger partial charge on any atom is 0.273 e. The maximum atomic E-state index is 11.4. The Morgan fingerprint density at radius 3 is 2.55 bits per heavy atom. The van der Waals surface area contributed by atoms with E-state index in [1.165, 1.54) is 0 Å². The molecule has 114 valence electrons. The number of nitro groups is 1. The second-order valence-corrected chi connectivity index (χ2v) is 5.16. The first kappa shape index (κ1) is 15.8. The fraction of sp³-hybridized carbons (Fsp3) is 0.222. The van der Waals surface area contributed by atoms with Gasteiger partial charge in [0, 0.05) is 23.6 Å². The molecular weight excluding hydrogens is 278 g/mol. The van der Waals surface area contributed by atoms with E-state index < -0.39 is 0 Å². The highest BCUT2D eigenvalue weighted by Crippen LogP contribution is 2.35. The van der Waals surface area contributed by atoms with Gasteiger partial charge >= 0.3 is 0 Å². The van der Waals surface area contributed by atoms with Crippen LogP contribution in [0.4, 0.5) is 5.69 Å². The Labute approximate surface area is 130 Å². The molecule has 0 amide bonds. The summed E-state index contributed by atoms with van der Waals surface area (Å²) in [5.41, 5.74) is 3.46. The summed E-state index contributed by atoms with van der Waals surface area (Å²) in [6, 6.07) is 11.3. The number of nitro benzene ring substituents is 1. The predicted octanol–water partition coefficient (Wildman–Crippen LogP) is 4.37. The van der Waals surface area contributed by atoms with Gasteiger partial charge in [0.15, 0.2) is 0 Å². The van der Waals surface area contributed by atoms with Crippen molar-refractivity contribution in [2.24, 2.45) is 0 Å². The van der Waals surface area contributed by atoms with Crippen molar-refractivity contribution in [3.63, 3.8) is 0 Å². The van der Waals surface area contributed by atoms with Gasteiger partial charge in [0.25, 0.3) is 5.69 Å². The summed E-state index contributed by atoms with van der Waals surface area (Å²) in [7, 11) is 0. The number of hydrogen-bond donors (Lipinski definition) is 0. The van der Waals surface area contributed by atoms with Crippen LogP contribution in [0.2, 0.25) is 0 Å². The summed E-state index contributed by atoms with van der Waals surface area (Å²) in [4.78, 5) is 11.1. The molecule has 0 fully saturated rings. The van der Waals surface area contributed by atoms with Crippen molar-refractivity contribution in [1.29, 1.82) is 0 Å². The van der Waals surface area contributed by atoms with Crippen molar-refractivity contribution in [2.75, 3.05) is 6.61 Å². The summed E-state index contributed by atoms with van der Waals surface area (Å²) < 4.78 is 5.69. The van der Waals surface area contributed by atoms with Crippen LogP contribution in [0.25, 0.3) is 0 Å². The summed E-state index contributed by atoms with van der Waals surface area (Å²) in [6.07, 6.45) is 2.17. The van der Waals surface area contributed by atoms with Gasteiger partial charge in [0.05, 0.1) is 4.92 Å². The van der Waals surface area contributed by atoms with E-state index in [1.807, 2.05) is 44.2 Å². The van der Waals surface area contributed by atoms with E-state index in [2.05, 4.69) is 6.58 Å². The van der Waals surface area contributed by atoms with Crippen molar-refractivity contribution in [3.8, 4) is 5.75 Å². The van der Waals surface area contributed by atoms with Crippen molar-refractivity contribution >= 4 is 5.69 Å². The molecule has 0 heterocycles. The van der Waals surface area contributed by atoms with Gasteiger partial charge in [-0.05, 0) is 25.0 Å². The van der Waals surface area contributed by atoms with Crippen molar-refractivity contribution in [2.45, 2.75) is 20.3 Å². The zero-order valence-corrected chi connectivity index (χ0v) is 12.8. The van der Waals surface area contributed by atoms with Gasteiger partial charge in [0.1, 0.15) is 12.4 Å². The van der Waals surface area contributed by atoms with Crippen molar-refractivity contribution < 1.29 is 9.66 Å². The molecule has 0 saturated carbocycles. The average molecular weight is 297 g/mol. The van der Waals surface area contributed by atoms with E-state index in [-0.39, 0.29) is 10.6 Å². The van der Waals surface area contributed by atoms with Crippen LogP contribution in [-0.4, -0.2) is 11.5 Å². The van der Waals surface area contributed by atoms with Gasteiger partial charge in [-0.15, -0.1) is 0 Å². The molecule has 0 bridgehead atoms. The molecule has 0 unspecified atom stereocenters. The molecule has 4 heteroatoms. The zero-order chi connectivity index (χ0) is 16.1. The highest BCUT2D eigenvalue weighted by molar-refractivity contribution is 5.57. The second-order valence-electron chi connectivity index (χ2n) is 5.16. The molecule has 0 spiro atoms. The monoisotopic (exact) mass is 297 g/mol. The number of ether oxygens (including phenoxy) is 1. The fourth-order valence-corrected chi connectivity index (χ4v) is 2.53. The minimum Gasteiger partial charge on any atom is -0.489 e. The number of hydrogen-bond acceptors (Lipinski definition) is 3. The predicted molar refractivity (Wildman–Crippen MR) is 87.5 cm³/mol. The Balaban J connectivity index is 2.52. The van der Waals surface area contributed by atoms with Gasteiger partial charge in [0.2, 0.25) is 0 Å². The highest BCUT2D eigenvalue weighted by atomic mass is 16.6. The molecule has 4 nitrogen and oxygen atoms in total. The lowest BCUT2D eigenvalue weighted by Gasteiger charge is -2.15. The molecule has 0 aliphatic rings. The molecule has 2 aromatic carbocycles. The lowest BCUT2D eigenvalue weighted by atomic mass is 9.95. The first-order valence-corrected chi connectivity index (χ1v) is 7.09. The van der Waals surface area contributed by atoms with E-state index in [4.69, 9.17) is 4.74 Å². The summed E-state index contributed by atoms with van der Waals surface area (Å²) in [5, 5.41) is 11.4. The molecule has 0 aliphatic heterocycles. The summed E-state index contributed by atoms with van der Waals surface area (Å²) >= 11 is 0. The number of aryl methyl sites for hydroxylation is 1. The van der Waals surface area contributed by atoms with Crippen LogP contribution in [-0.2, 0) is 6.42 Å². The topological polar surface area (TPSA) is 52.4 Å². The fourth-order valence-electron chi connectivity index (χ4n) is 2.53. The van der Waals surface area contributed by atoms with Crippen LogP contribution in [0.5, 0.6) is 5.75 Å². The average Bonchev–Trinajstić information content (AvgIpc) is 2.50. The molecule has 0 aromatic heterocycles. The van der Waals surface area contributed by atoms with Gasteiger partial charge in [-0.2, -0.15) is 0 Å². The third-order valence-corrected chi connectivity index (χ3v) is 3.58. The standard InChI is InChI=1S/C18H19NO3/c1-4-10-22-18-13(2)11-17(19(20)21)16(14(18)3)12-15-8-6-5-7-9-15/h4-9,11H,1,10,12H2,2-3H3. The van der Waals surface area contributed by atoms with Gasteiger partial charge in [-0.3, -0.25) is 10.1 Å². The van der Waals surface area contributed by atoms with E-state index in [1.54, 1.807) is 12.1 Å². The maximum absolute atomic E-state index is 11.4. The first-order valence-electron chi connectivity index (χ1n) is 7.09.